The van der Waals surface area contributed by atoms with Gasteiger partial charge in [0.2, 0.25) is 0 Å². The summed E-state index contributed by atoms with van der Waals surface area (Å²) in [6, 6.07) is 13.0. The number of rotatable bonds is 5. The molecule has 2 aromatic rings. The fourth-order valence-electron chi connectivity index (χ4n) is 1.95. The van der Waals surface area contributed by atoms with Crippen molar-refractivity contribution in [2.45, 2.75) is 13.0 Å². The molecule has 0 saturated carbocycles. The molecule has 2 rings (SSSR count). The first-order valence-corrected chi connectivity index (χ1v) is 7.19. The third-order valence-electron chi connectivity index (χ3n) is 3.00. The van der Waals surface area contributed by atoms with Gasteiger partial charge in [-0.2, -0.15) is 0 Å². The topological polar surface area (TPSA) is 38.7 Å². The van der Waals surface area contributed by atoms with Crippen LogP contribution < -0.4 is 9.47 Å². The van der Waals surface area contributed by atoms with Crippen LogP contribution >= 0.6 is 15.9 Å². The summed E-state index contributed by atoms with van der Waals surface area (Å²) in [6.07, 6.45) is -0.713. The van der Waals surface area contributed by atoms with Crippen LogP contribution in [0.25, 0.3) is 0 Å². The molecule has 0 heterocycles. The zero-order valence-electron chi connectivity index (χ0n) is 11.5. The number of halogens is 1. The molecule has 20 heavy (non-hydrogen) atoms. The molecule has 106 valence electrons. The lowest BCUT2D eigenvalue weighted by Gasteiger charge is -2.15. The van der Waals surface area contributed by atoms with Crippen LogP contribution in [0.4, 0.5) is 0 Å². The van der Waals surface area contributed by atoms with Crippen LogP contribution in [0.3, 0.4) is 0 Å². The quantitative estimate of drug-likeness (QED) is 0.898. The molecule has 2 aromatic carbocycles. The van der Waals surface area contributed by atoms with Gasteiger partial charge in [-0.25, -0.2) is 0 Å². The van der Waals surface area contributed by atoms with Crippen LogP contribution in [0.15, 0.2) is 46.9 Å². The molecule has 1 unspecified atom stereocenters. The Morgan fingerprint density at radius 3 is 2.35 bits per heavy atom. The summed E-state index contributed by atoms with van der Waals surface area (Å²) in [7, 11) is 1.61. The Bertz CT molecular complexity index is 566. The Morgan fingerprint density at radius 1 is 1.10 bits per heavy atom. The second kappa shape index (κ2) is 6.77. The van der Waals surface area contributed by atoms with Crippen molar-refractivity contribution in [3.63, 3.8) is 0 Å². The molecular formula is C16H17BrO3. The van der Waals surface area contributed by atoms with E-state index in [1.807, 2.05) is 49.4 Å². The van der Waals surface area contributed by atoms with Crippen LogP contribution in [-0.2, 0) is 0 Å². The number of benzene rings is 2. The summed E-state index contributed by atoms with van der Waals surface area (Å²) >= 11 is 3.46. The minimum atomic E-state index is -0.713. The standard InChI is InChI=1S/C16H17BrO3/c1-3-20-12-6-4-11(5-7-12)16(18)14-10-13(19-2)8-9-15(14)17/h4-10,16,18H,3H2,1-2H3. The molecule has 1 N–H and O–H groups in total. The zero-order chi connectivity index (χ0) is 14.5. The van der Waals surface area contributed by atoms with E-state index < -0.39 is 6.10 Å². The first-order valence-electron chi connectivity index (χ1n) is 6.40. The van der Waals surface area contributed by atoms with Crippen LogP contribution in [0.1, 0.15) is 24.2 Å². The lowest BCUT2D eigenvalue weighted by molar-refractivity contribution is 0.219. The highest BCUT2D eigenvalue weighted by Gasteiger charge is 2.14. The number of aliphatic hydroxyl groups excluding tert-OH is 1. The molecule has 0 aliphatic carbocycles. The average molecular weight is 337 g/mol. The van der Waals surface area contributed by atoms with Gasteiger partial charge < -0.3 is 14.6 Å². The first kappa shape index (κ1) is 14.9. The lowest BCUT2D eigenvalue weighted by Crippen LogP contribution is -2.01. The molecule has 0 bridgehead atoms. The average Bonchev–Trinajstić information content (AvgIpc) is 2.48. The van der Waals surface area contributed by atoms with Gasteiger partial charge in [0.1, 0.15) is 17.6 Å². The van der Waals surface area contributed by atoms with Gasteiger partial charge in [-0.05, 0) is 42.8 Å². The Labute approximate surface area is 127 Å². The van der Waals surface area contributed by atoms with Crippen molar-refractivity contribution in [2.75, 3.05) is 13.7 Å². The highest BCUT2D eigenvalue weighted by molar-refractivity contribution is 9.10. The van der Waals surface area contributed by atoms with Crippen molar-refractivity contribution >= 4 is 15.9 Å². The monoisotopic (exact) mass is 336 g/mol. The van der Waals surface area contributed by atoms with Crippen molar-refractivity contribution in [1.82, 2.24) is 0 Å². The van der Waals surface area contributed by atoms with Gasteiger partial charge in [-0.1, -0.05) is 28.1 Å². The first-order chi connectivity index (χ1) is 9.65. The van der Waals surface area contributed by atoms with Gasteiger partial charge in [0.05, 0.1) is 13.7 Å². The number of ether oxygens (including phenoxy) is 2. The van der Waals surface area contributed by atoms with E-state index in [-0.39, 0.29) is 0 Å². The minimum Gasteiger partial charge on any atom is -0.497 e. The molecule has 0 aliphatic heterocycles. The van der Waals surface area contributed by atoms with Gasteiger partial charge in [-0.15, -0.1) is 0 Å². The van der Waals surface area contributed by atoms with Crippen LogP contribution in [-0.4, -0.2) is 18.8 Å². The second-order valence-electron chi connectivity index (χ2n) is 4.29. The number of hydrogen-bond acceptors (Lipinski definition) is 3. The van der Waals surface area contributed by atoms with Crippen molar-refractivity contribution in [3.8, 4) is 11.5 Å². The molecule has 3 nitrogen and oxygen atoms in total. The van der Waals surface area contributed by atoms with Crippen molar-refractivity contribution < 1.29 is 14.6 Å². The van der Waals surface area contributed by atoms with E-state index >= 15 is 0 Å². The second-order valence-corrected chi connectivity index (χ2v) is 5.15. The molecule has 1 atom stereocenters. The molecule has 0 spiro atoms. The molecule has 0 radical (unpaired) electrons. The summed E-state index contributed by atoms with van der Waals surface area (Å²) < 4.78 is 11.4. The molecular weight excluding hydrogens is 320 g/mol. The summed E-state index contributed by atoms with van der Waals surface area (Å²) in [5, 5.41) is 10.5. The summed E-state index contributed by atoms with van der Waals surface area (Å²) in [4.78, 5) is 0. The number of methoxy groups -OCH3 is 1. The van der Waals surface area contributed by atoms with E-state index in [4.69, 9.17) is 9.47 Å². The van der Waals surface area contributed by atoms with Crippen molar-refractivity contribution in [1.29, 1.82) is 0 Å². The van der Waals surface area contributed by atoms with E-state index in [0.717, 1.165) is 21.3 Å². The third kappa shape index (κ3) is 3.32. The minimum absolute atomic E-state index is 0.628. The lowest BCUT2D eigenvalue weighted by atomic mass is 10.0. The van der Waals surface area contributed by atoms with E-state index in [1.165, 1.54) is 0 Å². The molecule has 0 amide bonds. The normalized spacial score (nSPS) is 12.0. The van der Waals surface area contributed by atoms with E-state index in [9.17, 15) is 5.11 Å². The molecule has 0 aliphatic rings. The van der Waals surface area contributed by atoms with Gasteiger partial charge in [-0.3, -0.25) is 0 Å². The molecule has 0 fully saturated rings. The summed E-state index contributed by atoms with van der Waals surface area (Å²) in [5.74, 6) is 1.52. The van der Waals surface area contributed by atoms with Crippen LogP contribution in [0.5, 0.6) is 11.5 Å². The number of aliphatic hydroxyl groups is 1. The highest BCUT2D eigenvalue weighted by atomic mass is 79.9. The maximum atomic E-state index is 10.5. The van der Waals surface area contributed by atoms with Gasteiger partial charge >= 0.3 is 0 Å². The Kier molecular flexibility index (Phi) is 5.04. The van der Waals surface area contributed by atoms with Crippen molar-refractivity contribution in [3.05, 3.63) is 58.1 Å². The summed E-state index contributed by atoms with van der Waals surface area (Å²) in [5.41, 5.74) is 1.58. The largest absolute Gasteiger partial charge is 0.497 e. The van der Waals surface area contributed by atoms with Crippen LogP contribution in [0, 0.1) is 0 Å². The smallest absolute Gasteiger partial charge is 0.119 e. The number of hydrogen-bond donors (Lipinski definition) is 1. The molecule has 0 saturated heterocycles. The van der Waals surface area contributed by atoms with E-state index in [2.05, 4.69) is 15.9 Å². The van der Waals surface area contributed by atoms with E-state index in [1.54, 1.807) is 7.11 Å². The zero-order valence-corrected chi connectivity index (χ0v) is 13.1. The van der Waals surface area contributed by atoms with E-state index in [0.29, 0.717) is 12.4 Å². The Hall–Kier alpha value is -1.52. The van der Waals surface area contributed by atoms with Gasteiger partial charge in [0.15, 0.2) is 0 Å². The highest BCUT2D eigenvalue weighted by Crippen LogP contribution is 2.32. The third-order valence-corrected chi connectivity index (χ3v) is 3.73. The Balaban J connectivity index is 2.28. The molecule has 0 aromatic heterocycles. The Morgan fingerprint density at radius 2 is 1.75 bits per heavy atom. The molecule has 4 heteroatoms. The SMILES string of the molecule is CCOc1ccc(C(O)c2cc(OC)ccc2Br)cc1. The predicted octanol–water partition coefficient (Wildman–Crippen LogP) is 3.94. The fourth-order valence-corrected chi connectivity index (χ4v) is 2.41. The summed E-state index contributed by atoms with van der Waals surface area (Å²) in [6.45, 7) is 2.57. The van der Waals surface area contributed by atoms with Gasteiger partial charge in [0, 0.05) is 10.0 Å². The fraction of sp³-hybridized carbons (Fsp3) is 0.250. The van der Waals surface area contributed by atoms with Crippen molar-refractivity contribution in [2.24, 2.45) is 0 Å². The maximum Gasteiger partial charge on any atom is 0.119 e. The van der Waals surface area contributed by atoms with Crippen LogP contribution in [0.2, 0.25) is 0 Å². The van der Waals surface area contributed by atoms with Gasteiger partial charge in [0.25, 0.3) is 0 Å². The predicted molar refractivity (Wildman–Crippen MR) is 82.4 cm³/mol. The maximum absolute atomic E-state index is 10.5.